The average molecular weight is 430 g/mol. The van der Waals surface area contributed by atoms with Gasteiger partial charge in [-0.1, -0.05) is 19.1 Å². The Morgan fingerprint density at radius 3 is 2.40 bits per heavy atom. The van der Waals surface area contributed by atoms with Crippen molar-refractivity contribution in [1.82, 2.24) is 5.32 Å². The molecule has 1 aliphatic rings. The van der Waals surface area contributed by atoms with Gasteiger partial charge in [0.25, 0.3) is 5.91 Å². The third kappa shape index (κ3) is 5.75. The first-order valence-corrected chi connectivity index (χ1v) is 12.2. The van der Waals surface area contributed by atoms with E-state index in [1.54, 1.807) is 31.2 Å². The normalized spacial score (nSPS) is 18.0. The largest absolute Gasteiger partial charge is 0.371 e. The van der Waals surface area contributed by atoms with Gasteiger partial charge in [-0.15, -0.1) is 0 Å². The van der Waals surface area contributed by atoms with E-state index in [0.717, 1.165) is 24.6 Å². The Morgan fingerprint density at radius 1 is 1.13 bits per heavy atom. The zero-order valence-electron chi connectivity index (χ0n) is 17.9. The molecule has 0 radical (unpaired) electrons. The Morgan fingerprint density at radius 2 is 1.80 bits per heavy atom. The van der Waals surface area contributed by atoms with E-state index in [2.05, 4.69) is 46.1 Å². The van der Waals surface area contributed by atoms with E-state index >= 15 is 0 Å². The molecule has 2 aromatic rings. The van der Waals surface area contributed by atoms with Crippen LogP contribution in [0.4, 0.5) is 11.4 Å². The highest BCUT2D eigenvalue weighted by atomic mass is 32.2. The highest BCUT2D eigenvalue weighted by Gasteiger charge is 2.17. The summed E-state index contributed by atoms with van der Waals surface area (Å²) in [6.07, 6.45) is 2.52. The number of carbonyl (C=O) groups is 1. The SMILES string of the molecule is CCS(=O)(=O)Nc1ccc(C(=O)N[C@H](C)c2ccc(N3CCC[C@H](C)C3)cc2)cc1. The van der Waals surface area contributed by atoms with Crippen LogP contribution >= 0.6 is 0 Å². The van der Waals surface area contributed by atoms with Crippen molar-refractivity contribution >= 4 is 27.3 Å². The van der Waals surface area contributed by atoms with Crippen molar-refractivity contribution in [2.24, 2.45) is 5.92 Å². The number of anilines is 2. The average Bonchev–Trinajstić information content (AvgIpc) is 2.74. The molecule has 1 heterocycles. The van der Waals surface area contributed by atoms with Crippen molar-refractivity contribution in [3.63, 3.8) is 0 Å². The Balaban J connectivity index is 1.60. The van der Waals surface area contributed by atoms with E-state index < -0.39 is 10.0 Å². The lowest BCUT2D eigenvalue weighted by atomic mass is 9.99. The van der Waals surface area contributed by atoms with E-state index in [1.807, 2.05) is 6.92 Å². The van der Waals surface area contributed by atoms with Gasteiger partial charge in [0.05, 0.1) is 11.8 Å². The number of amides is 1. The zero-order valence-corrected chi connectivity index (χ0v) is 18.7. The van der Waals surface area contributed by atoms with Gasteiger partial charge in [0.15, 0.2) is 0 Å². The third-order valence-corrected chi connectivity index (χ3v) is 6.87. The summed E-state index contributed by atoms with van der Waals surface area (Å²) in [6.45, 7) is 8.02. The van der Waals surface area contributed by atoms with E-state index in [9.17, 15) is 13.2 Å². The summed E-state index contributed by atoms with van der Waals surface area (Å²) in [5.41, 5.74) is 3.21. The Hall–Kier alpha value is -2.54. The molecular formula is C23H31N3O3S. The predicted octanol–water partition coefficient (Wildman–Crippen LogP) is 4.18. The van der Waals surface area contributed by atoms with Gasteiger partial charge in [-0.25, -0.2) is 8.42 Å². The molecule has 7 heteroatoms. The minimum Gasteiger partial charge on any atom is -0.371 e. The summed E-state index contributed by atoms with van der Waals surface area (Å²) in [7, 11) is -3.33. The van der Waals surface area contributed by atoms with Crippen LogP contribution in [0.25, 0.3) is 0 Å². The molecule has 1 fully saturated rings. The molecule has 0 bridgehead atoms. The fourth-order valence-electron chi connectivity index (χ4n) is 3.70. The van der Waals surface area contributed by atoms with E-state index in [-0.39, 0.29) is 17.7 Å². The van der Waals surface area contributed by atoms with E-state index in [4.69, 9.17) is 0 Å². The monoisotopic (exact) mass is 429 g/mol. The highest BCUT2D eigenvalue weighted by Crippen LogP contribution is 2.25. The summed E-state index contributed by atoms with van der Waals surface area (Å²) < 4.78 is 25.7. The molecule has 0 aliphatic carbocycles. The molecular weight excluding hydrogens is 398 g/mol. The number of sulfonamides is 1. The Bertz CT molecular complexity index is 956. The summed E-state index contributed by atoms with van der Waals surface area (Å²) >= 11 is 0. The smallest absolute Gasteiger partial charge is 0.251 e. The summed E-state index contributed by atoms with van der Waals surface area (Å²) in [5.74, 6) is 0.532. The maximum Gasteiger partial charge on any atom is 0.251 e. The van der Waals surface area contributed by atoms with Gasteiger partial charge in [-0.3, -0.25) is 9.52 Å². The maximum absolute atomic E-state index is 12.6. The second-order valence-electron chi connectivity index (χ2n) is 8.06. The molecule has 3 rings (SSSR count). The van der Waals surface area contributed by atoms with Crippen LogP contribution in [-0.4, -0.2) is 33.2 Å². The second-order valence-corrected chi connectivity index (χ2v) is 10.1. The molecule has 1 aliphatic heterocycles. The fourth-order valence-corrected chi connectivity index (χ4v) is 4.34. The number of carbonyl (C=O) groups excluding carboxylic acids is 1. The molecule has 2 aromatic carbocycles. The first-order valence-electron chi connectivity index (χ1n) is 10.5. The number of hydrogen-bond acceptors (Lipinski definition) is 4. The van der Waals surface area contributed by atoms with E-state index in [0.29, 0.717) is 11.3 Å². The third-order valence-electron chi connectivity index (χ3n) is 5.56. The highest BCUT2D eigenvalue weighted by molar-refractivity contribution is 7.92. The van der Waals surface area contributed by atoms with Crippen molar-refractivity contribution in [3.05, 3.63) is 59.7 Å². The molecule has 0 spiro atoms. The van der Waals surface area contributed by atoms with Gasteiger partial charge in [-0.05, 0) is 74.6 Å². The predicted molar refractivity (Wildman–Crippen MR) is 122 cm³/mol. The Labute approximate surface area is 179 Å². The first kappa shape index (κ1) is 22.2. The van der Waals surface area contributed by atoms with Crippen LogP contribution in [0.15, 0.2) is 48.5 Å². The molecule has 1 amide bonds. The van der Waals surface area contributed by atoms with Gasteiger partial charge in [0.2, 0.25) is 10.0 Å². The van der Waals surface area contributed by atoms with Crippen molar-refractivity contribution in [3.8, 4) is 0 Å². The van der Waals surface area contributed by atoms with Gasteiger partial charge < -0.3 is 10.2 Å². The van der Waals surface area contributed by atoms with Crippen LogP contribution in [-0.2, 0) is 10.0 Å². The van der Waals surface area contributed by atoms with Crippen LogP contribution in [0.1, 0.15) is 55.6 Å². The van der Waals surface area contributed by atoms with Crippen molar-refractivity contribution in [1.29, 1.82) is 0 Å². The lowest BCUT2D eigenvalue weighted by Crippen LogP contribution is -2.34. The van der Waals surface area contributed by atoms with Gasteiger partial charge >= 0.3 is 0 Å². The maximum atomic E-state index is 12.6. The van der Waals surface area contributed by atoms with Crippen LogP contribution in [0.5, 0.6) is 0 Å². The molecule has 2 N–H and O–H groups in total. The first-order chi connectivity index (χ1) is 14.3. The number of rotatable bonds is 7. The van der Waals surface area contributed by atoms with Gasteiger partial charge in [0.1, 0.15) is 0 Å². The minimum atomic E-state index is -3.33. The van der Waals surface area contributed by atoms with Crippen LogP contribution in [0.2, 0.25) is 0 Å². The van der Waals surface area contributed by atoms with Crippen molar-refractivity contribution in [2.45, 2.75) is 39.7 Å². The molecule has 6 nitrogen and oxygen atoms in total. The lowest BCUT2D eigenvalue weighted by molar-refractivity contribution is 0.0940. The Kier molecular flexibility index (Phi) is 7.02. The molecule has 30 heavy (non-hydrogen) atoms. The zero-order chi connectivity index (χ0) is 21.7. The lowest BCUT2D eigenvalue weighted by Gasteiger charge is -2.33. The summed E-state index contributed by atoms with van der Waals surface area (Å²) in [6, 6.07) is 14.7. The van der Waals surface area contributed by atoms with Crippen molar-refractivity contribution in [2.75, 3.05) is 28.5 Å². The molecule has 2 atom stereocenters. The van der Waals surface area contributed by atoms with Gasteiger partial charge in [0, 0.05) is 30.0 Å². The standard InChI is InChI=1S/C23H31N3O3S/c1-4-30(28,29)25-21-11-7-20(8-12-21)23(27)24-18(3)19-9-13-22(14-10-19)26-15-5-6-17(2)16-26/h7-14,17-18,25H,4-6,15-16H2,1-3H3,(H,24,27)/t17-,18+/m0/s1. The minimum absolute atomic E-state index is 0.00231. The molecule has 0 unspecified atom stereocenters. The molecule has 162 valence electrons. The quantitative estimate of drug-likeness (QED) is 0.692. The topological polar surface area (TPSA) is 78.5 Å². The number of piperidine rings is 1. The number of nitrogens with zero attached hydrogens (tertiary/aromatic N) is 1. The molecule has 0 saturated carbocycles. The fraction of sp³-hybridized carbons (Fsp3) is 0.435. The summed E-state index contributed by atoms with van der Waals surface area (Å²) in [4.78, 5) is 15.0. The number of hydrogen-bond donors (Lipinski definition) is 2. The van der Waals surface area contributed by atoms with Crippen molar-refractivity contribution < 1.29 is 13.2 Å². The van der Waals surface area contributed by atoms with Crippen LogP contribution in [0, 0.1) is 5.92 Å². The summed E-state index contributed by atoms with van der Waals surface area (Å²) in [5, 5.41) is 3.01. The van der Waals surface area contributed by atoms with E-state index in [1.165, 1.54) is 18.5 Å². The van der Waals surface area contributed by atoms with Crippen LogP contribution < -0.4 is 14.9 Å². The second kappa shape index (κ2) is 9.51. The van der Waals surface area contributed by atoms with Gasteiger partial charge in [-0.2, -0.15) is 0 Å². The molecule has 1 saturated heterocycles. The number of benzene rings is 2. The van der Waals surface area contributed by atoms with Crippen LogP contribution in [0.3, 0.4) is 0 Å². The molecule has 0 aromatic heterocycles. The number of nitrogens with one attached hydrogen (secondary N) is 2.